The first-order valence-electron chi connectivity index (χ1n) is 12.3. The minimum Gasteiger partial charge on any atom is -0.354 e. The van der Waals surface area contributed by atoms with Crippen molar-refractivity contribution in [1.29, 1.82) is 0 Å². The van der Waals surface area contributed by atoms with Gasteiger partial charge >= 0.3 is 0 Å². The van der Waals surface area contributed by atoms with Gasteiger partial charge in [0.1, 0.15) is 6.04 Å². The van der Waals surface area contributed by atoms with E-state index in [4.69, 9.17) is 11.6 Å². The van der Waals surface area contributed by atoms with Gasteiger partial charge in [-0.3, -0.25) is 13.9 Å². The van der Waals surface area contributed by atoms with Gasteiger partial charge < -0.3 is 10.2 Å². The molecule has 2 aromatic rings. The third kappa shape index (κ3) is 8.52. The molecule has 2 aromatic carbocycles. The van der Waals surface area contributed by atoms with Crippen LogP contribution in [-0.4, -0.2) is 50.5 Å². The molecule has 0 radical (unpaired) electrons. The lowest BCUT2D eigenvalue weighted by atomic mass is 10.1. The highest BCUT2D eigenvalue weighted by Gasteiger charge is 2.27. The van der Waals surface area contributed by atoms with Crippen molar-refractivity contribution in [3.63, 3.8) is 0 Å². The lowest BCUT2D eigenvalue weighted by Gasteiger charge is -2.30. The third-order valence-electron chi connectivity index (χ3n) is 6.19. The van der Waals surface area contributed by atoms with Crippen molar-refractivity contribution < 1.29 is 18.0 Å². The van der Waals surface area contributed by atoms with Gasteiger partial charge in [0.15, 0.2) is 0 Å². The van der Waals surface area contributed by atoms with Crippen LogP contribution in [0.1, 0.15) is 56.2 Å². The quantitative estimate of drug-likeness (QED) is 0.372. The van der Waals surface area contributed by atoms with Crippen molar-refractivity contribution in [1.82, 2.24) is 10.2 Å². The van der Waals surface area contributed by atoms with E-state index in [2.05, 4.69) is 5.32 Å². The number of hydrogen-bond acceptors (Lipinski definition) is 4. The zero-order valence-electron chi connectivity index (χ0n) is 21.9. The summed E-state index contributed by atoms with van der Waals surface area (Å²) in [5.41, 5.74) is 3.27. The van der Waals surface area contributed by atoms with Crippen molar-refractivity contribution in [2.24, 2.45) is 0 Å². The Bertz CT molecular complexity index is 1150. The highest BCUT2D eigenvalue weighted by molar-refractivity contribution is 7.92. The number of halogens is 1. The fourth-order valence-electron chi connectivity index (χ4n) is 3.92. The molecule has 36 heavy (non-hydrogen) atoms. The van der Waals surface area contributed by atoms with Crippen LogP contribution in [0.5, 0.6) is 0 Å². The van der Waals surface area contributed by atoms with Crippen LogP contribution in [0.3, 0.4) is 0 Å². The lowest BCUT2D eigenvalue weighted by molar-refractivity contribution is -0.140. The van der Waals surface area contributed by atoms with Crippen LogP contribution in [0.15, 0.2) is 42.5 Å². The number of rotatable bonds is 13. The van der Waals surface area contributed by atoms with Crippen LogP contribution in [0, 0.1) is 13.8 Å². The van der Waals surface area contributed by atoms with E-state index in [0.29, 0.717) is 30.2 Å². The number of nitrogens with one attached hydrogen (secondary N) is 1. The van der Waals surface area contributed by atoms with Gasteiger partial charge in [0.25, 0.3) is 0 Å². The SMILES string of the molecule is CCCCNC(=O)[C@H](C)N(Cc1ccccc1C)C(=O)CCCN(c1cc(Cl)ccc1C)S(C)(=O)=O. The molecule has 198 valence electrons. The number of amides is 2. The van der Waals surface area contributed by atoms with E-state index in [1.54, 1.807) is 30.0 Å². The summed E-state index contributed by atoms with van der Waals surface area (Å²) in [5, 5.41) is 3.35. The predicted molar refractivity (Wildman–Crippen MR) is 147 cm³/mol. The molecule has 1 N–H and O–H groups in total. The molecule has 0 fully saturated rings. The summed E-state index contributed by atoms with van der Waals surface area (Å²) in [5.74, 6) is -0.398. The summed E-state index contributed by atoms with van der Waals surface area (Å²) < 4.78 is 26.4. The summed E-state index contributed by atoms with van der Waals surface area (Å²) in [7, 11) is -3.59. The smallest absolute Gasteiger partial charge is 0.242 e. The number of nitrogens with zero attached hydrogens (tertiary/aromatic N) is 2. The first-order chi connectivity index (χ1) is 17.0. The van der Waals surface area contributed by atoms with Gasteiger partial charge in [-0.2, -0.15) is 0 Å². The second kappa shape index (κ2) is 13.7. The van der Waals surface area contributed by atoms with Gasteiger partial charge in [0.05, 0.1) is 11.9 Å². The topological polar surface area (TPSA) is 86.8 Å². The average Bonchev–Trinajstić information content (AvgIpc) is 2.81. The molecule has 2 amide bonds. The summed E-state index contributed by atoms with van der Waals surface area (Å²) in [4.78, 5) is 27.8. The van der Waals surface area contributed by atoms with Crippen LogP contribution < -0.4 is 9.62 Å². The van der Waals surface area contributed by atoms with Crippen molar-refractivity contribution in [2.75, 3.05) is 23.7 Å². The van der Waals surface area contributed by atoms with Gasteiger partial charge in [-0.25, -0.2) is 8.42 Å². The number of aryl methyl sites for hydroxylation is 2. The van der Waals surface area contributed by atoms with Crippen molar-refractivity contribution >= 4 is 39.1 Å². The largest absolute Gasteiger partial charge is 0.354 e. The van der Waals surface area contributed by atoms with Crippen LogP contribution >= 0.6 is 11.6 Å². The third-order valence-corrected chi connectivity index (χ3v) is 7.61. The lowest BCUT2D eigenvalue weighted by Crippen LogP contribution is -2.48. The Hall–Kier alpha value is -2.58. The zero-order valence-corrected chi connectivity index (χ0v) is 23.5. The molecule has 0 aliphatic heterocycles. The molecule has 0 spiro atoms. The number of anilines is 1. The molecule has 0 bridgehead atoms. The summed E-state index contributed by atoms with van der Waals surface area (Å²) in [6.45, 7) is 8.56. The Labute approximate surface area is 220 Å². The maximum absolute atomic E-state index is 13.4. The molecule has 0 aliphatic carbocycles. The molecular weight excluding hydrogens is 498 g/mol. The molecular formula is C27H38ClN3O4S. The van der Waals surface area contributed by atoms with E-state index in [9.17, 15) is 18.0 Å². The Morgan fingerprint density at radius 2 is 1.75 bits per heavy atom. The van der Waals surface area contributed by atoms with Gasteiger partial charge in [-0.15, -0.1) is 0 Å². The van der Waals surface area contributed by atoms with Crippen LogP contribution in [0.2, 0.25) is 5.02 Å². The van der Waals surface area contributed by atoms with Crippen molar-refractivity contribution in [2.45, 2.75) is 66.0 Å². The second-order valence-electron chi connectivity index (χ2n) is 9.14. The fraction of sp³-hybridized carbons (Fsp3) is 0.481. The van der Waals surface area contributed by atoms with E-state index in [0.717, 1.165) is 35.8 Å². The maximum atomic E-state index is 13.4. The van der Waals surface area contributed by atoms with Crippen LogP contribution in [0.25, 0.3) is 0 Å². The molecule has 1 atom stereocenters. The standard InChI is InChI=1S/C27H38ClN3O4S/c1-6-7-16-29-27(33)22(4)30(19-23-12-9-8-11-20(23)2)26(32)13-10-17-31(36(5,34)35)25-18-24(28)15-14-21(25)3/h8-9,11-12,14-15,18,22H,6-7,10,13,16-17,19H2,1-5H3,(H,29,33)/t22-/m0/s1. The first kappa shape index (κ1) is 29.6. The van der Waals surface area contributed by atoms with E-state index >= 15 is 0 Å². The molecule has 0 aromatic heterocycles. The summed E-state index contributed by atoms with van der Waals surface area (Å²) in [6.07, 6.45) is 3.37. The number of carbonyl (C=O) groups excluding carboxylic acids is 2. The highest BCUT2D eigenvalue weighted by atomic mass is 35.5. The normalized spacial score (nSPS) is 12.2. The second-order valence-corrected chi connectivity index (χ2v) is 11.5. The fourth-order valence-corrected chi connectivity index (χ4v) is 5.10. The number of sulfonamides is 1. The number of benzene rings is 2. The number of hydrogen-bond donors (Lipinski definition) is 1. The van der Waals surface area contributed by atoms with Crippen molar-refractivity contribution in [3.05, 3.63) is 64.2 Å². The molecule has 2 rings (SSSR count). The Balaban J connectivity index is 2.19. The molecule has 0 heterocycles. The van der Waals surface area contributed by atoms with E-state index in [1.165, 1.54) is 4.31 Å². The van der Waals surface area contributed by atoms with E-state index in [1.807, 2.05) is 45.0 Å². The zero-order chi connectivity index (χ0) is 26.9. The Morgan fingerprint density at radius 1 is 1.06 bits per heavy atom. The van der Waals surface area contributed by atoms with E-state index < -0.39 is 16.1 Å². The van der Waals surface area contributed by atoms with Crippen LogP contribution in [-0.2, 0) is 26.2 Å². The molecule has 0 saturated heterocycles. The maximum Gasteiger partial charge on any atom is 0.242 e. The van der Waals surface area contributed by atoms with Gasteiger partial charge in [-0.1, -0.05) is 55.3 Å². The Morgan fingerprint density at radius 3 is 2.39 bits per heavy atom. The summed E-state index contributed by atoms with van der Waals surface area (Å²) in [6, 6.07) is 12.2. The van der Waals surface area contributed by atoms with Crippen LogP contribution in [0.4, 0.5) is 5.69 Å². The highest BCUT2D eigenvalue weighted by Crippen LogP contribution is 2.27. The molecule has 9 heteroatoms. The van der Waals surface area contributed by atoms with Gasteiger partial charge in [0, 0.05) is 31.1 Å². The van der Waals surface area contributed by atoms with E-state index in [-0.39, 0.29) is 24.8 Å². The molecule has 0 unspecified atom stereocenters. The van der Waals surface area contributed by atoms with Gasteiger partial charge in [-0.05, 0) is 62.4 Å². The Kier molecular flexibility index (Phi) is 11.2. The molecule has 0 saturated carbocycles. The molecule has 7 nitrogen and oxygen atoms in total. The minimum absolute atomic E-state index is 0.101. The minimum atomic E-state index is -3.59. The van der Waals surface area contributed by atoms with Crippen molar-refractivity contribution in [3.8, 4) is 0 Å². The van der Waals surface area contributed by atoms with Gasteiger partial charge in [0.2, 0.25) is 21.8 Å². The number of carbonyl (C=O) groups is 2. The first-order valence-corrected chi connectivity index (χ1v) is 14.5. The summed E-state index contributed by atoms with van der Waals surface area (Å²) >= 11 is 6.12. The molecule has 0 aliphatic rings. The number of unbranched alkanes of at least 4 members (excludes halogenated alkanes) is 1. The average molecular weight is 536 g/mol. The monoisotopic (exact) mass is 535 g/mol. The predicted octanol–water partition coefficient (Wildman–Crippen LogP) is 4.84.